The molecule has 2 aliphatic heterocycles. The molecule has 3 atom stereocenters. The molecule has 15 nitrogen and oxygen atoms in total. The van der Waals surface area contributed by atoms with E-state index in [0.29, 0.717) is 30.9 Å². The Morgan fingerprint density at radius 3 is 2.23 bits per heavy atom. The Balaban J connectivity index is 0.775. The molecule has 0 bridgehead atoms. The molecule has 0 radical (unpaired) electrons. The molecule has 7 rings (SSSR count). The van der Waals surface area contributed by atoms with Crippen LogP contribution in [0.2, 0.25) is 0 Å². The number of unbranched alkanes of at least 4 members (excludes halogenated alkanes) is 7. The second-order valence-corrected chi connectivity index (χ2v) is 21.8. The number of carbonyl (C=O) groups is 5. The molecule has 4 N–H and O–H groups in total. The van der Waals surface area contributed by atoms with E-state index in [2.05, 4.69) is 25.9 Å². The number of nitrogens with zero attached hydrogens (tertiary/aromatic N) is 5. The highest BCUT2D eigenvalue weighted by Crippen LogP contribution is 2.35. The Labute approximate surface area is 419 Å². The number of benzene rings is 2. The van der Waals surface area contributed by atoms with Crippen molar-refractivity contribution in [2.24, 2.45) is 5.41 Å². The highest BCUT2D eigenvalue weighted by molar-refractivity contribution is 7.22. The number of hydrogen-bond acceptors (Lipinski definition) is 12. The van der Waals surface area contributed by atoms with Gasteiger partial charge in [0.1, 0.15) is 12.1 Å². The molecule has 0 unspecified atom stereocenters. The maximum atomic E-state index is 14.0. The van der Waals surface area contributed by atoms with Crippen LogP contribution in [0.5, 0.6) is 0 Å². The molecule has 5 amide bonds. The number of nitrogens with one attached hydrogen (secondary N) is 3. The van der Waals surface area contributed by atoms with Gasteiger partial charge in [-0.3, -0.25) is 29.1 Å². The number of ether oxygens (including phenoxy) is 1. The number of aryl methyl sites for hydroxylation is 2. The molecule has 1 saturated heterocycles. The first-order valence-electron chi connectivity index (χ1n) is 24.8. The quantitative estimate of drug-likeness (QED) is 0.0545. The molecule has 5 heterocycles. The maximum absolute atomic E-state index is 14.0. The summed E-state index contributed by atoms with van der Waals surface area (Å²) in [5, 5.41) is 20.1. The Bertz CT molecular complexity index is 2620. The first-order chi connectivity index (χ1) is 33.5. The predicted molar refractivity (Wildman–Crippen MR) is 277 cm³/mol. The molecule has 2 aromatic carbocycles. The van der Waals surface area contributed by atoms with Crippen molar-refractivity contribution >= 4 is 73.4 Å². The number of anilines is 2. The third kappa shape index (κ3) is 13.8. The summed E-state index contributed by atoms with van der Waals surface area (Å²) in [5.74, 6) is -0.967. The molecular weight excluding hydrogens is 925 g/mol. The summed E-state index contributed by atoms with van der Waals surface area (Å²) >= 11 is 3.01. The highest BCUT2D eigenvalue weighted by atomic mass is 32.1. The van der Waals surface area contributed by atoms with Gasteiger partial charge in [-0.15, -0.1) is 11.3 Å². The fourth-order valence-corrected chi connectivity index (χ4v) is 10.8. The first kappa shape index (κ1) is 52.1. The minimum absolute atomic E-state index is 0.0267. The summed E-state index contributed by atoms with van der Waals surface area (Å²) in [7, 11) is 0. The fourth-order valence-electron chi connectivity index (χ4n) is 9.03. The van der Waals surface area contributed by atoms with Crippen LogP contribution in [-0.2, 0) is 36.9 Å². The van der Waals surface area contributed by atoms with Gasteiger partial charge in [-0.2, -0.15) is 0 Å². The standard InChI is InChI=1S/C53H68N8O7S2/c1-33(2)68-52(67)60-25-15-16-40-42(60)26-38(30-54-40)37-23-24-41-44(27-37)70-51(57-41)59-46(64)18-14-12-10-8-7-9-11-13-17-45(63)58-48(53(4,5)6)50(66)61-31-39(62)28-43(61)49(65)55-29-35-19-21-36(22-20-35)47-34(3)56-32-69-47/h19-24,26-27,30,32-33,39,43,48,62H,7-18,25,28-29,31H2,1-6H3,(H,55,65)(H,58,63)(H,57,59,64)/t39-,43+,48-/m1/s1. The molecule has 0 saturated carbocycles. The number of aliphatic hydroxyl groups excluding tert-OH is 1. The predicted octanol–water partition coefficient (Wildman–Crippen LogP) is 9.74. The van der Waals surface area contributed by atoms with Gasteiger partial charge < -0.3 is 30.7 Å². The zero-order chi connectivity index (χ0) is 50.0. The molecule has 70 heavy (non-hydrogen) atoms. The minimum Gasteiger partial charge on any atom is -0.446 e. The first-order valence-corrected chi connectivity index (χ1v) is 26.5. The van der Waals surface area contributed by atoms with Crippen LogP contribution in [0.3, 0.4) is 0 Å². The number of rotatable bonds is 20. The van der Waals surface area contributed by atoms with E-state index in [0.717, 1.165) is 112 Å². The van der Waals surface area contributed by atoms with Crippen molar-refractivity contribution in [3.63, 3.8) is 0 Å². The van der Waals surface area contributed by atoms with E-state index < -0.39 is 23.6 Å². The summed E-state index contributed by atoms with van der Waals surface area (Å²) in [6, 6.07) is 14.2. The largest absolute Gasteiger partial charge is 0.446 e. The van der Waals surface area contributed by atoms with E-state index >= 15 is 0 Å². The van der Waals surface area contributed by atoms with E-state index in [1.807, 2.05) is 102 Å². The lowest BCUT2D eigenvalue weighted by atomic mass is 9.85. The smallest absolute Gasteiger partial charge is 0.414 e. The third-order valence-electron chi connectivity index (χ3n) is 12.8. The number of amides is 5. The van der Waals surface area contributed by atoms with E-state index in [1.54, 1.807) is 16.2 Å². The number of likely N-dealkylation sites (tertiary alicyclic amines) is 1. The normalized spacial score (nSPS) is 16.3. The third-order valence-corrected chi connectivity index (χ3v) is 14.7. The molecule has 374 valence electrons. The monoisotopic (exact) mass is 992 g/mol. The summed E-state index contributed by atoms with van der Waals surface area (Å²) in [6.45, 7) is 12.2. The van der Waals surface area contributed by atoms with Crippen LogP contribution in [0.4, 0.5) is 15.6 Å². The SMILES string of the molecule is Cc1ncsc1-c1ccc(CNC(=O)[C@@H]2C[C@@H](O)CN2C(=O)[C@@H](NC(=O)CCCCCCCCCCC(=O)Nc2nc3ccc(-c4cnc5c(c4)N(C(=O)OC(C)C)CCC5)cc3s2)C(C)(C)C)cc1. The van der Waals surface area contributed by atoms with Gasteiger partial charge in [-0.1, -0.05) is 101 Å². The van der Waals surface area contributed by atoms with Crippen molar-refractivity contribution in [2.45, 2.75) is 156 Å². The Hall–Kier alpha value is -5.78. The number of aromatic nitrogens is 3. The van der Waals surface area contributed by atoms with Gasteiger partial charge in [0.05, 0.1) is 49.9 Å². The van der Waals surface area contributed by atoms with Crippen LogP contribution in [0.1, 0.15) is 129 Å². The number of carbonyl (C=O) groups excluding carboxylic acids is 5. The summed E-state index contributed by atoms with van der Waals surface area (Å²) in [6.07, 6.45) is 10.3. The minimum atomic E-state index is -0.859. The van der Waals surface area contributed by atoms with E-state index in [1.165, 1.54) is 16.2 Å². The van der Waals surface area contributed by atoms with Crippen molar-refractivity contribution in [3.8, 4) is 21.6 Å². The van der Waals surface area contributed by atoms with Gasteiger partial charge in [0.25, 0.3) is 0 Å². The number of hydrogen-bond donors (Lipinski definition) is 4. The molecule has 5 aromatic rings. The number of pyridine rings is 1. The lowest BCUT2D eigenvalue weighted by Crippen LogP contribution is -2.57. The molecular formula is C53H68N8O7S2. The van der Waals surface area contributed by atoms with Crippen molar-refractivity contribution < 1.29 is 33.8 Å². The topological polar surface area (TPSA) is 196 Å². The maximum Gasteiger partial charge on any atom is 0.414 e. The Kier molecular flexibility index (Phi) is 17.8. The van der Waals surface area contributed by atoms with E-state index in [-0.39, 0.29) is 55.3 Å². The van der Waals surface area contributed by atoms with E-state index in [4.69, 9.17) is 9.72 Å². The summed E-state index contributed by atoms with van der Waals surface area (Å²) < 4.78 is 6.44. The van der Waals surface area contributed by atoms with Gasteiger partial charge in [0.15, 0.2) is 5.13 Å². The van der Waals surface area contributed by atoms with Crippen LogP contribution >= 0.6 is 22.7 Å². The average molecular weight is 993 g/mol. The van der Waals surface area contributed by atoms with Crippen molar-refractivity contribution in [2.75, 3.05) is 23.3 Å². The van der Waals surface area contributed by atoms with Gasteiger partial charge in [-0.25, -0.2) is 14.8 Å². The molecule has 1 fully saturated rings. The number of aliphatic hydroxyl groups is 1. The lowest BCUT2D eigenvalue weighted by molar-refractivity contribution is -0.144. The molecule has 0 aliphatic carbocycles. The Morgan fingerprint density at radius 1 is 0.871 bits per heavy atom. The second-order valence-electron chi connectivity index (χ2n) is 19.9. The van der Waals surface area contributed by atoms with Crippen molar-refractivity contribution in [1.82, 2.24) is 30.5 Å². The fraction of sp³-hybridized carbons (Fsp3) is 0.509. The number of β-amino-alcohol motifs (C(OH)–C–C–N with tert-alkyl or cyclic N) is 1. The van der Waals surface area contributed by atoms with Crippen LogP contribution in [0.15, 0.2) is 60.2 Å². The van der Waals surface area contributed by atoms with Crippen molar-refractivity contribution in [3.05, 3.63) is 77.2 Å². The van der Waals surface area contributed by atoms with Crippen LogP contribution in [0.25, 0.3) is 31.8 Å². The second kappa shape index (κ2) is 23.9. The van der Waals surface area contributed by atoms with Crippen LogP contribution in [0, 0.1) is 12.3 Å². The lowest BCUT2D eigenvalue weighted by Gasteiger charge is -2.35. The van der Waals surface area contributed by atoms with Crippen LogP contribution < -0.4 is 20.9 Å². The van der Waals surface area contributed by atoms with Gasteiger partial charge in [0.2, 0.25) is 23.6 Å². The zero-order valence-electron chi connectivity index (χ0n) is 41.3. The average Bonchev–Trinajstić information content (AvgIpc) is 4.06. The summed E-state index contributed by atoms with van der Waals surface area (Å²) in [5.41, 5.74) is 8.45. The van der Waals surface area contributed by atoms with E-state index in [9.17, 15) is 29.1 Å². The molecule has 2 aliphatic rings. The molecule has 17 heteroatoms. The highest BCUT2D eigenvalue weighted by Gasteiger charge is 2.44. The van der Waals surface area contributed by atoms with Crippen LogP contribution in [-0.4, -0.2) is 92.1 Å². The number of thiazole rings is 2. The number of fused-ring (bicyclic) bond motifs is 2. The molecule has 3 aromatic heterocycles. The van der Waals surface area contributed by atoms with Gasteiger partial charge in [0, 0.05) is 50.7 Å². The van der Waals surface area contributed by atoms with Crippen molar-refractivity contribution in [1.29, 1.82) is 0 Å². The van der Waals surface area contributed by atoms with Gasteiger partial charge in [-0.05, 0) is 86.8 Å². The Morgan fingerprint density at radius 2 is 1.56 bits per heavy atom. The zero-order valence-corrected chi connectivity index (χ0v) is 43.0. The van der Waals surface area contributed by atoms with Gasteiger partial charge >= 0.3 is 6.09 Å². The molecule has 0 spiro atoms. The summed E-state index contributed by atoms with van der Waals surface area (Å²) in [4.78, 5) is 84.2.